The van der Waals surface area contributed by atoms with E-state index in [-0.39, 0.29) is 54.4 Å². The predicted molar refractivity (Wildman–Crippen MR) is 129 cm³/mol. The summed E-state index contributed by atoms with van der Waals surface area (Å²) in [5.74, 6) is -1.28. The first kappa shape index (κ1) is 21.8. The van der Waals surface area contributed by atoms with Crippen molar-refractivity contribution in [1.29, 1.82) is 0 Å². The Hall–Kier alpha value is -3.74. The standard InChI is InChI=1S/C28H26N2O5/c1-15-3-7-20(8-4-15)29-14-19(13-23(29)31)28(34)35-21-9-10-22(16(2)11-21)30-26(32)24-17-5-6-18(12-17)25(24)27(30)33/h3-11,17-19,24-25H,12-14H2,1-2H3/t17-,18-,19+,24+,25+/m0/s1. The Labute approximate surface area is 203 Å². The number of amides is 3. The third-order valence-corrected chi connectivity index (χ3v) is 7.90. The van der Waals surface area contributed by atoms with Gasteiger partial charge in [-0.15, -0.1) is 0 Å². The van der Waals surface area contributed by atoms with Crippen LogP contribution in [0.4, 0.5) is 11.4 Å². The van der Waals surface area contributed by atoms with Gasteiger partial charge in [0.15, 0.2) is 0 Å². The molecule has 2 saturated heterocycles. The minimum absolute atomic E-state index is 0.0969. The first-order valence-corrected chi connectivity index (χ1v) is 12.1. The molecule has 0 aromatic heterocycles. The lowest BCUT2D eigenvalue weighted by molar-refractivity contribution is -0.139. The van der Waals surface area contributed by atoms with E-state index in [1.807, 2.05) is 31.2 Å². The highest BCUT2D eigenvalue weighted by molar-refractivity contribution is 6.23. The Morgan fingerprint density at radius 3 is 2.20 bits per heavy atom. The van der Waals surface area contributed by atoms with Gasteiger partial charge in [0.25, 0.3) is 0 Å². The third kappa shape index (κ3) is 3.40. The Morgan fingerprint density at radius 1 is 0.914 bits per heavy atom. The van der Waals surface area contributed by atoms with Gasteiger partial charge in [0, 0.05) is 18.7 Å². The summed E-state index contributed by atoms with van der Waals surface area (Å²) in [5, 5.41) is 0. The van der Waals surface area contributed by atoms with Crippen LogP contribution in [0.15, 0.2) is 54.6 Å². The number of nitrogens with zero attached hydrogens (tertiary/aromatic N) is 2. The van der Waals surface area contributed by atoms with Crippen molar-refractivity contribution >= 4 is 35.1 Å². The molecule has 2 heterocycles. The highest BCUT2D eigenvalue weighted by Gasteiger charge is 2.59. The Balaban J connectivity index is 1.15. The van der Waals surface area contributed by atoms with E-state index in [1.54, 1.807) is 30.0 Å². The molecule has 5 atom stereocenters. The van der Waals surface area contributed by atoms with Crippen molar-refractivity contribution in [3.63, 3.8) is 0 Å². The molecule has 0 unspecified atom stereocenters. The average Bonchev–Trinajstić information content (AvgIpc) is 3.59. The fourth-order valence-corrected chi connectivity index (χ4v) is 6.12. The molecule has 35 heavy (non-hydrogen) atoms. The minimum Gasteiger partial charge on any atom is -0.426 e. The number of carbonyl (C=O) groups is 4. The second kappa shape index (κ2) is 7.90. The Kier molecular flexibility index (Phi) is 4.91. The maximum absolute atomic E-state index is 13.1. The molecular formula is C28H26N2O5. The van der Waals surface area contributed by atoms with Crippen LogP contribution >= 0.6 is 0 Å². The van der Waals surface area contributed by atoms with Crippen LogP contribution in [0.2, 0.25) is 0 Å². The van der Waals surface area contributed by atoms with Crippen LogP contribution in [0.3, 0.4) is 0 Å². The minimum atomic E-state index is -0.562. The molecule has 2 aromatic rings. The smallest absolute Gasteiger partial charge is 0.316 e. The van der Waals surface area contributed by atoms with Gasteiger partial charge in [-0.05, 0) is 68.0 Å². The zero-order valence-electron chi connectivity index (χ0n) is 19.6. The van der Waals surface area contributed by atoms with Gasteiger partial charge in [-0.1, -0.05) is 29.8 Å². The van der Waals surface area contributed by atoms with Crippen LogP contribution in [-0.4, -0.2) is 30.2 Å². The number of fused-ring (bicyclic) bond motifs is 5. The van der Waals surface area contributed by atoms with E-state index < -0.39 is 11.9 Å². The van der Waals surface area contributed by atoms with E-state index in [2.05, 4.69) is 12.2 Å². The van der Waals surface area contributed by atoms with Crippen LogP contribution in [0, 0.1) is 43.4 Å². The highest BCUT2D eigenvalue weighted by atomic mass is 16.5. The zero-order valence-corrected chi connectivity index (χ0v) is 19.6. The number of benzene rings is 2. The molecule has 3 amide bonds. The van der Waals surface area contributed by atoms with Crippen molar-refractivity contribution in [1.82, 2.24) is 0 Å². The lowest BCUT2D eigenvalue weighted by Crippen LogP contribution is -2.33. The van der Waals surface area contributed by atoms with Crippen molar-refractivity contribution in [2.45, 2.75) is 26.7 Å². The number of esters is 1. The molecule has 1 saturated carbocycles. The summed E-state index contributed by atoms with van der Waals surface area (Å²) in [6.07, 6.45) is 5.13. The van der Waals surface area contributed by atoms with Crippen molar-refractivity contribution in [2.24, 2.45) is 29.6 Å². The number of anilines is 2. The maximum atomic E-state index is 13.1. The van der Waals surface area contributed by atoms with E-state index in [1.165, 1.54) is 4.90 Å². The number of carbonyl (C=O) groups excluding carboxylic acids is 4. The summed E-state index contributed by atoms with van der Waals surface area (Å²) in [6.45, 7) is 4.05. The van der Waals surface area contributed by atoms with Gasteiger partial charge in [-0.2, -0.15) is 0 Å². The third-order valence-electron chi connectivity index (χ3n) is 7.90. The first-order chi connectivity index (χ1) is 16.8. The molecule has 2 aliphatic heterocycles. The normalized spacial score (nSPS) is 28.9. The quantitative estimate of drug-likeness (QED) is 0.295. The molecule has 0 spiro atoms. The molecule has 7 heteroatoms. The van der Waals surface area contributed by atoms with E-state index in [4.69, 9.17) is 4.74 Å². The first-order valence-electron chi connectivity index (χ1n) is 12.1. The van der Waals surface area contributed by atoms with E-state index in [0.29, 0.717) is 17.0 Å². The van der Waals surface area contributed by atoms with Gasteiger partial charge in [-0.25, -0.2) is 4.90 Å². The monoisotopic (exact) mass is 470 g/mol. The second-order valence-electron chi connectivity index (χ2n) is 10.1. The van der Waals surface area contributed by atoms with Gasteiger partial charge < -0.3 is 9.64 Å². The molecule has 3 fully saturated rings. The lowest BCUT2D eigenvalue weighted by atomic mass is 9.85. The summed E-state index contributed by atoms with van der Waals surface area (Å²) in [5.41, 5.74) is 3.08. The number of hydrogen-bond donors (Lipinski definition) is 0. The SMILES string of the molecule is Cc1ccc(N2C[C@H](C(=O)Oc3ccc(N4C(=O)[C@H]5[C@H](C4=O)[C@H]4C=C[C@H]5C4)c(C)c3)CC2=O)cc1. The van der Waals surface area contributed by atoms with Crippen molar-refractivity contribution < 1.29 is 23.9 Å². The topological polar surface area (TPSA) is 84.0 Å². The largest absolute Gasteiger partial charge is 0.426 e. The molecule has 2 aliphatic carbocycles. The summed E-state index contributed by atoms with van der Waals surface area (Å²) in [4.78, 5) is 54.5. The number of rotatable bonds is 4. The van der Waals surface area contributed by atoms with E-state index in [9.17, 15) is 19.2 Å². The predicted octanol–water partition coefficient (Wildman–Crippen LogP) is 3.57. The number of ether oxygens (including phenoxy) is 1. The molecule has 0 radical (unpaired) electrons. The van der Waals surface area contributed by atoms with Crippen LogP contribution in [0.1, 0.15) is 24.0 Å². The van der Waals surface area contributed by atoms with E-state index >= 15 is 0 Å². The summed E-state index contributed by atoms with van der Waals surface area (Å²) >= 11 is 0. The van der Waals surface area contributed by atoms with Crippen molar-refractivity contribution in [3.8, 4) is 5.75 Å². The highest BCUT2D eigenvalue weighted by Crippen LogP contribution is 2.53. The summed E-state index contributed by atoms with van der Waals surface area (Å²) < 4.78 is 5.60. The summed E-state index contributed by atoms with van der Waals surface area (Å²) in [7, 11) is 0. The van der Waals surface area contributed by atoms with Crippen LogP contribution in [0.5, 0.6) is 5.75 Å². The molecule has 2 bridgehead atoms. The van der Waals surface area contributed by atoms with Crippen LogP contribution in [-0.2, 0) is 19.2 Å². The fraction of sp³-hybridized carbons (Fsp3) is 0.357. The van der Waals surface area contributed by atoms with Gasteiger partial charge in [-0.3, -0.25) is 19.2 Å². The van der Waals surface area contributed by atoms with Crippen molar-refractivity contribution in [2.75, 3.05) is 16.3 Å². The molecule has 6 rings (SSSR count). The van der Waals surface area contributed by atoms with Crippen LogP contribution < -0.4 is 14.5 Å². The Bertz CT molecular complexity index is 1270. The molecule has 4 aliphatic rings. The van der Waals surface area contributed by atoms with E-state index in [0.717, 1.165) is 17.7 Å². The second-order valence-corrected chi connectivity index (χ2v) is 10.1. The van der Waals surface area contributed by atoms with Gasteiger partial charge >= 0.3 is 5.97 Å². The molecule has 7 nitrogen and oxygen atoms in total. The van der Waals surface area contributed by atoms with Crippen molar-refractivity contribution in [3.05, 3.63) is 65.7 Å². The fourth-order valence-electron chi connectivity index (χ4n) is 6.12. The number of hydrogen-bond acceptors (Lipinski definition) is 5. The lowest BCUT2D eigenvalue weighted by Gasteiger charge is -2.20. The molecule has 2 aromatic carbocycles. The molecule has 178 valence electrons. The average molecular weight is 471 g/mol. The Morgan fingerprint density at radius 2 is 1.57 bits per heavy atom. The molecular weight excluding hydrogens is 444 g/mol. The van der Waals surface area contributed by atoms with Gasteiger partial charge in [0.2, 0.25) is 17.7 Å². The zero-order chi connectivity index (χ0) is 24.4. The number of aryl methyl sites for hydroxylation is 2. The molecule has 0 N–H and O–H groups in total. The number of imide groups is 1. The van der Waals surface area contributed by atoms with Gasteiger partial charge in [0.05, 0.1) is 23.4 Å². The summed E-state index contributed by atoms with van der Waals surface area (Å²) in [6, 6.07) is 12.6. The van der Waals surface area contributed by atoms with Crippen LogP contribution in [0.25, 0.3) is 0 Å². The maximum Gasteiger partial charge on any atom is 0.316 e. The number of allylic oxidation sites excluding steroid dienone is 2. The van der Waals surface area contributed by atoms with Gasteiger partial charge in [0.1, 0.15) is 5.75 Å².